The third-order valence-corrected chi connectivity index (χ3v) is 6.48. The Balaban J connectivity index is -0.00000288. The van der Waals surface area contributed by atoms with Crippen LogP contribution in [-0.4, -0.2) is 23.1 Å². The molecule has 27 heavy (non-hydrogen) atoms. The molecule has 0 rings (SSSR count). The molecule has 0 aliphatic carbocycles. The molecular formula is C22H49Cl2NOTi. The molecule has 0 saturated carbocycles. The summed E-state index contributed by atoms with van der Waals surface area (Å²) in [6.45, 7) is 10.4. The molecule has 166 valence electrons. The van der Waals surface area contributed by atoms with Gasteiger partial charge in [0.25, 0.3) is 0 Å². The summed E-state index contributed by atoms with van der Waals surface area (Å²) in [4.78, 5) is 0. The minimum Gasteiger partial charge on any atom is -0.147 e. The molecule has 0 bridgehead atoms. The summed E-state index contributed by atoms with van der Waals surface area (Å²) in [5.74, 6) is 0. The van der Waals surface area contributed by atoms with Crippen molar-refractivity contribution in [2.45, 2.75) is 124 Å². The molecular weight excluding hydrogens is 413 g/mol. The Morgan fingerprint density at radius 2 is 0.889 bits per heavy atom. The van der Waals surface area contributed by atoms with Crippen LogP contribution in [0.4, 0.5) is 0 Å². The number of halogens is 2. The van der Waals surface area contributed by atoms with Crippen molar-refractivity contribution in [3.05, 3.63) is 0 Å². The van der Waals surface area contributed by atoms with Crippen LogP contribution in [0.25, 0.3) is 0 Å². The zero-order chi connectivity index (χ0) is 18.4. The number of nitrogens with zero attached hydrogens (tertiary/aromatic N) is 1. The van der Waals surface area contributed by atoms with Gasteiger partial charge in [-0.25, -0.2) is 0 Å². The van der Waals surface area contributed by atoms with E-state index in [0.29, 0.717) is 0 Å². The van der Waals surface area contributed by atoms with Crippen molar-refractivity contribution in [1.29, 1.82) is 0 Å². The smallest absolute Gasteiger partial charge is 0.147 e. The van der Waals surface area contributed by atoms with E-state index in [4.69, 9.17) is 3.32 Å². The standard InChI is InChI=1S/C16H34N.C6H13O.2ClH.Ti/c1-3-5-7-9-11-13-15-17-16-14-12-10-8-6-4-2;1-2-3-4-5-6-7;;;/h3-16H2,1-2H3;2-6H2,1H3;2*1H;/q2*-1;;;+2. The molecule has 0 aromatic rings. The van der Waals surface area contributed by atoms with E-state index in [1.165, 1.54) is 116 Å². The first-order chi connectivity index (χ1) is 12.3. The van der Waals surface area contributed by atoms with Crippen molar-refractivity contribution < 1.29 is 23.1 Å². The second kappa shape index (κ2) is 29.4. The quantitative estimate of drug-likeness (QED) is 0.126. The number of rotatable bonds is 21. The van der Waals surface area contributed by atoms with E-state index in [2.05, 4.69) is 24.2 Å². The molecule has 0 aromatic heterocycles. The molecule has 0 unspecified atom stereocenters. The fourth-order valence-electron chi connectivity index (χ4n) is 3.11. The van der Waals surface area contributed by atoms with Crippen LogP contribution in [0.2, 0.25) is 0 Å². The van der Waals surface area contributed by atoms with Gasteiger partial charge in [-0.2, -0.15) is 0 Å². The fraction of sp³-hybridized carbons (Fsp3) is 1.00. The minimum atomic E-state index is -0.331. The Hall–Kier alpha value is 1.21. The van der Waals surface area contributed by atoms with Crippen LogP contribution in [0, 0.1) is 0 Å². The van der Waals surface area contributed by atoms with Crippen LogP contribution in [-0.2, 0) is 23.1 Å². The summed E-state index contributed by atoms with van der Waals surface area (Å²) in [6.07, 6.45) is 22.1. The minimum absolute atomic E-state index is 0. The molecule has 0 radical (unpaired) electrons. The Kier molecular flexibility index (Phi) is 35.8. The summed E-state index contributed by atoms with van der Waals surface area (Å²) >= 11 is -0.331. The largest absolute Gasteiger partial charge is 0.147 e. The Morgan fingerprint density at radius 1 is 0.519 bits per heavy atom. The van der Waals surface area contributed by atoms with E-state index in [9.17, 15) is 0 Å². The third-order valence-electron chi connectivity index (χ3n) is 4.86. The molecule has 0 N–H and O–H groups in total. The van der Waals surface area contributed by atoms with Gasteiger partial charge in [0.05, 0.1) is 0 Å². The molecule has 0 aliphatic heterocycles. The number of hydrogen-bond acceptors (Lipinski definition) is 2. The first-order valence-corrected chi connectivity index (χ1v) is 12.8. The van der Waals surface area contributed by atoms with E-state index in [-0.39, 0.29) is 44.6 Å². The van der Waals surface area contributed by atoms with E-state index >= 15 is 0 Å². The molecule has 0 aliphatic rings. The Bertz CT molecular complexity index is 210. The van der Waals surface area contributed by atoms with Gasteiger partial charge in [0.1, 0.15) is 0 Å². The van der Waals surface area contributed by atoms with Crippen LogP contribution in [0.15, 0.2) is 0 Å². The zero-order valence-electron chi connectivity index (χ0n) is 18.6. The van der Waals surface area contributed by atoms with Gasteiger partial charge in [0.15, 0.2) is 0 Å². The van der Waals surface area contributed by atoms with Gasteiger partial charge in [0.2, 0.25) is 0 Å². The molecule has 0 heterocycles. The molecule has 2 nitrogen and oxygen atoms in total. The molecule has 0 fully saturated rings. The van der Waals surface area contributed by atoms with Gasteiger partial charge in [0, 0.05) is 0 Å². The molecule has 0 atom stereocenters. The molecule has 0 aromatic carbocycles. The number of hydrogen-bond donors (Lipinski definition) is 0. The van der Waals surface area contributed by atoms with Crippen molar-refractivity contribution in [1.82, 2.24) is 3.38 Å². The predicted octanol–water partition coefficient (Wildman–Crippen LogP) is 8.36. The predicted molar refractivity (Wildman–Crippen MR) is 123 cm³/mol. The average molecular weight is 462 g/mol. The maximum absolute atomic E-state index is 6.08. The molecule has 5 heteroatoms. The van der Waals surface area contributed by atoms with Crippen molar-refractivity contribution in [2.24, 2.45) is 0 Å². The second-order valence-corrected chi connectivity index (χ2v) is 9.25. The Labute approximate surface area is 193 Å². The maximum Gasteiger partial charge on any atom is -0.147 e. The molecule has 0 saturated heterocycles. The number of unbranched alkanes of at least 4 members (excludes halogenated alkanes) is 13. The van der Waals surface area contributed by atoms with E-state index in [1.807, 2.05) is 0 Å². The van der Waals surface area contributed by atoms with Gasteiger partial charge >= 0.3 is 170 Å². The summed E-state index contributed by atoms with van der Waals surface area (Å²) in [6, 6.07) is 0. The van der Waals surface area contributed by atoms with Crippen LogP contribution < -0.4 is 0 Å². The summed E-state index contributed by atoms with van der Waals surface area (Å²) < 4.78 is 8.78. The average Bonchev–Trinajstić information content (AvgIpc) is 2.63. The monoisotopic (exact) mass is 461 g/mol. The first kappa shape index (κ1) is 32.9. The van der Waals surface area contributed by atoms with Gasteiger partial charge < -0.3 is 0 Å². The second-order valence-electron chi connectivity index (χ2n) is 7.52. The van der Waals surface area contributed by atoms with Crippen molar-refractivity contribution >= 4 is 24.8 Å². The van der Waals surface area contributed by atoms with Crippen LogP contribution in [0.3, 0.4) is 0 Å². The van der Waals surface area contributed by atoms with Crippen LogP contribution >= 0.6 is 24.8 Å². The summed E-state index contributed by atoms with van der Waals surface area (Å²) in [5.41, 5.74) is 0. The van der Waals surface area contributed by atoms with Crippen LogP contribution in [0.1, 0.15) is 124 Å². The van der Waals surface area contributed by atoms with Crippen molar-refractivity contribution in [2.75, 3.05) is 19.7 Å². The topological polar surface area (TPSA) is 12.5 Å². The van der Waals surface area contributed by atoms with E-state index in [1.54, 1.807) is 0 Å². The summed E-state index contributed by atoms with van der Waals surface area (Å²) in [7, 11) is 0. The van der Waals surface area contributed by atoms with Gasteiger partial charge in [-0.1, -0.05) is 0 Å². The van der Waals surface area contributed by atoms with Crippen molar-refractivity contribution in [3.8, 4) is 0 Å². The van der Waals surface area contributed by atoms with Crippen LogP contribution in [0.5, 0.6) is 0 Å². The normalized spacial score (nSPS) is 10.5. The van der Waals surface area contributed by atoms with E-state index < -0.39 is 0 Å². The Morgan fingerprint density at radius 3 is 1.33 bits per heavy atom. The van der Waals surface area contributed by atoms with Crippen molar-refractivity contribution in [3.63, 3.8) is 0 Å². The van der Waals surface area contributed by atoms with E-state index in [0.717, 1.165) is 6.61 Å². The van der Waals surface area contributed by atoms with Gasteiger partial charge in [-0.3, -0.25) is 0 Å². The summed E-state index contributed by atoms with van der Waals surface area (Å²) in [5, 5.41) is 0. The van der Waals surface area contributed by atoms with Gasteiger partial charge in [-0.15, -0.1) is 24.8 Å². The SMILES string of the molecule is CCCCCCCC[N](CCCCCCCC)[Ti][O]CCCCCC.Cl.Cl. The zero-order valence-corrected chi connectivity index (χ0v) is 21.8. The fourth-order valence-corrected chi connectivity index (χ4v) is 4.54. The third kappa shape index (κ3) is 27.2. The maximum atomic E-state index is 6.08. The molecule has 0 spiro atoms. The van der Waals surface area contributed by atoms with Gasteiger partial charge in [-0.05, 0) is 0 Å². The molecule has 0 amide bonds. The first-order valence-electron chi connectivity index (χ1n) is 11.5.